The van der Waals surface area contributed by atoms with Crippen LogP contribution in [0.25, 0.3) is 0 Å². The Balaban J connectivity index is 3.77. The van der Waals surface area contributed by atoms with Crippen LogP contribution in [-0.4, -0.2) is 48.5 Å². The molecule has 0 aliphatic rings. The van der Waals surface area contributed by atoms with E-state index in [-0.39, 0.29) is 12.1 Å². The first kappa shape index (κ1) is 16.2. The van der Waals surface area contributed by atoms with Crippen molar-refractivity contribution in [2.45, 2.75) is 44.4 Å². The fourth-order valence-electron chi connectivity index (χ4n) is 1.80. The summed E-state index contributed by atoms with van der Waals surface area (Å²) in [6.45, 7) is 8.32. The van der Waals surface area contributed by atoms with Gasteiger partial charge in [-0.15, -0.1) is 0 Å². The Labute approximate surface area is 104 Å². The van der Waals surface area contributed by atoms with Crippen molar-refractivity contribution >= 4 is 11.8 Å². The first-order valence-corrected chi connectivity index (χ1v) is 7.09. The topological polar surface area (TPSA) is 41.5 Å². The van der Waals surface area contributed by atoms with Gasteiger partial charge in [-0.3, -0.25) is 0 Å². The third kappa shape index (κ3) is 7.49. The summed E-state index contributed by atoms with van der Waals surface area (Å²) in [5, 5.41) is 13.3. The lowest BCUT2D eigenvalue weighted by molar-refractivity contribution is 0.168. The van der Waals surface area contributed by atoms with Crippen molar-refractivity contribution in [2.75, 3.05) is 32.6 Å². The molecule has 0 rings (SSSR count). The van der Waals surface area contributed by atoms with E-state index in [1.807, 2.05) is 11.8 Å². The molecule has 3 nitrogen and oxygen atoms in total. The van der Waals surface area contributed by atoms with Gasteiger partial charge < -0.3 is 15.2 Å². The molecule has 16 heavy (non-hydrogen) atoms. The van der Waals surface area contributed by atoms with E-state index in [1.165, 1.54) is 0 Å². The number of hydrogen-bond acceptors (Lipinski definition) is 4. The van der Waals surface area contributed by atoms with Gasteiger partial charge >= 0.3 is 0 Å². The Kier molecular flexibility index (Phi) is 9.41. The lowest BCUT2D eigenvalue weighted by atomic mass is 9.97. The van der Waals surface area contributed by atoms with Crippen LogP contribution in [0, 0.1) is 0 Å². The number of aliphatic hydroxyl groups excluding tert-OH is 1. The standard InChI is InChI=1S/C12H27NO2S/c1-5-13-12(3,10-14)9-11(2)16-8-6-7-15-4/h11,13-14H,5-10H2,1-4H3. The molecule has 0 saturated heterocycles. The van der Waals surface area contributed by atoms with E-state index in [4.69, 9.17) is 4.74 Å². The highest BCUT2D eigenvalue weighted by Gasteiger charge is 2.24. The highest BCUT2D eigenvalue weighted by Crippen LogP contribution is 2.22. The van der Waals surface area contributed by atoms with Crippen molar-refractivity contribution < 1.29 is 9.84 Å². The molecule has 0 saturated carbocycles. The molecule has 0 fully saturated rings. The summed E-state index contributed by atoms with van der Waals surface area (Å²) in [6.07, 6.45) is 2.09. The van der Waals surface area contributed by atoms with Gasteiger partial charge in [-0.1, -0.05) is 13.8 Å². The molecule has 0 bridgehead atoms. The Morgan fingerprint density at radius 3 is 2.69 bits per heavy atom. The van der Waals surface area contributed by atoms with Crippen LogP contribution in [0.4, 0.5) is 0 Å². The fraction of sp³-hybridized carbons (Fsp3) is 1.00. The Bertz CT molecular complexity index is 169. The molecule has 0 amide bonds. The zero-order valence-electron chi connectivity index (χ0n) is 11.1. The van der Waals surface area contributed by atoms with E-state index in [9.17, 15) is 5.11 Å². The van der Waals surface area contributed by atoms with Crippen molar-refractivity contribution in [1.82, 2.24) is 5.32 Å². The van der Waals surface area contributed by atoms with Crippen LogP contribution in [0.2, 0.25) is 0 Å². The molecule has 0 aromatic rings. The Hall–Kier alpha value is 0.230. The summed E-state index contributed by atoms with van der Waals surface area (Å²) in [5.74, 6) is 1.13. The number of likely N-dealkylation sites (N-methyl/N-ethyl adjacent to an activating group) is 1. The van der Waals surface area contributed by atoms with Gasteiger partial charge in [0.25, 0.3) is 0 Å². The number of thioether (sulfide) groups is 1. The molecule has 2 unspecified atom stereocenters. The van der Waals surface area contributed by atoms with Crippen LogP contribution in [0.5, 0.6) is 0 Å². The van der Waals surface area contributed by atoms with Gasteiger partial charge in [0.05, 0.1) is 6.61 Å². The van der Waals surface area contributed by atoms with Crippen LogP contribution in [0.15, 0.2) is 0 Å². The van der Waals surface area contributed by atoms with Gasteiger partial charge in [-0.2, -0.15) is 11.8 Å². The van der Waals surface area contributed by atoms with Gasteiger partial charge in [0.1, 0.15) is 0 Å². The maximum absolute atomic E-state index is 9.38. The van der Waals surface area contributed by atoms with Crippen molar-refractivity contribution in [3.8, 4) is 0 Å². The van der Waals surface area contributed by atoms with Gasteiger partial charge in [0, 0.05) is 24.5 Å². The van der Waals surface area contributed by atoms with Crippen LogP contribution in [-0.2, 0) is 4.74 Å². The number of nitrogens with one attached hydrogen (secondary N) is 1. The minimum atomic E-state index is -0.136. The molecule has 0 aromatic carbocycles. The molecule has 0 spiro atoms. The summed E-state index contributed by atoms with van der Waals surface area (Å²) in [4.78, 5) is 0. The maximum Gasteiger partial charge on any atom is 0.0611 e. The minimum absolute atomic E-state index is 0.136. The third-order valence-corrected chi connectivity index (χ3v) is 3.85. The van der Waals surface area contributed by atoms with Crippen molar-refractivity contribution in [3.05, 3.63) is 0 Å². The second kappa shape index (κ2) is 9.28. The second-order valence-electron chi connectivity index (χ2n) is 4.48. The van der Waals surface area contributed by atoms with Crippen LogP contribution in [0.3, 0.4) is 0 Å². The quantitative estimate of drug-likeness (QED) is 0.580. The fourth-order valence-corrected chi connectivity index (χ4v) is 2.97. The molecule has 4 heteroatoms. The normalized spacial score (nSPS) is 17.1. The van der Waals surface area contributed by atoms with E-state index < -0.39 is 0 Å². The summed E-state index contributed by atoms with van der Waals surface area (Å²) < 4.78 is 5.02. The second-order valence-corrected chi connectivity index (χ2v) is 6.03. The van der Waals surface area contributed by atoms with Crippen molar-refractivity contribution in [2.24, 2.45) is 0 Å². The van der Waals surface area contributed by atoms with Gasteiger partial charge in [-0.25, -0.2) is 0 Å². The van der Waals surface area contributed by atoms with E-state index in [0.717, 1.165) is 31.7 Å². The molecule has 0 aromatic heterocycles. The summed E-state index contributed by atoms with van der Waals surface area (Å²) in [6, 6.07) is 0. The number of ether oxygens (including phenoxy) is 1. The predicted molar refractivity (Wildman–Crippen MR) is 72.2 cm³/mol. The molecule has 98 valence electrons. The zero-order chi connectivity index (χ0) is 12.4. The molecule has 0 aliphatic heterocycles. The third-order valence-electron chi connectivity index (χ3n) is 2.59. The molecule has 0 radical (unpaired) electrons. The largest absolute Gasteiger partial charge is 0.394 e. The first-order valence-electron chi connectivity index (χ1n) is 6.04. The van der Waals surface area contributed by atoms with Crippen LogP contribution in [0.1, 0.15) is 33.6 Å². The average Bonchev–Trinajstić information content (AvgIpc) is 2.25. The molecule has 2 atom stereocenters. The van der Waals surface area contributed by atoms with Crippen LogP contribution < -0.4 is 5.32 Å². The van der Waals surface area contributed by atoms with Crippen molar-refractivity contribution in [1.29, 1.82) is 0 Å². The van der Waals surface area contributed by atoms with Crippen LogP contribution >= 0.6 is 11.8 Å². The minimum Gasteiger partial charge on any atom is -0.394 e. The van der Waals surface area contributed by atoms with E-state index in [0.29, 0.717) is 5.25 Å². The molecule has 0 heterocycles. The van der Waals surface area contributed by atoms with E-state index in [2.05, 4.69) is 26.1 Å². The summed E-state index contributed by atoms with van der Waals surface area (Å²) >= 11 is 1.95. The number of methoxy groups -OCH3 is 1. The first-order chi connectivity index (χ1) is 7.58. The predicted octanol–water partition coefficient (Wildman–Crippen LogP) is 1.90. The smallest absolute Gasteiger partial charge is 0.0611 e. The monoisotopic (exact) mass is 249 g/mol. The number of rotatable bonds is 10. The lowest BCUT2D eigenvalue weighted by Gasteiger charge is -2.31. The zero-order valence-corrected chi connectivity index (χ0v) is 11.9. The Morgan fingerprint density at radius 2 is 2.19 bits per heavy atom. The van der Waals surface area contributed by atoms with Gasteiger partial charge in [-0.05, 0) is 32.1 Å². The Morgan fingerprint density at radius 1 is 1.50 bits per heavy atom. The molecule has 2 N–H and O–H groups in total. The summed E-state index contributed by atoms with van der Waals surface area (Å²) in [7, 11) is 1.74. The van der Waals surface area contributed by atoms with Gasteiger partial charge in [0.2, 0.25) is 0 Å². The average molecular weight is 249 g/mol. The highest BCUT2D eigenvalue weighted by atomic mass is 32.2. The highest BCUT2D eigenvalue weighted by molar-refractivity contribution is 7.99. The van der Waals surface area contributed by atoms with Crippen molar-refractivity contribution in [3.63, 3.8) is 0 Å². The molecule has 0 aliphatic carbocycles. The lowest BCUT2D eigenvalue weighted by Crippen LogP contribution is -2.47. The molecular formula is C12H27NO2S. The SMILES string of the molecule is CCNC(C)(CO)CC(C)SCCCOC. The maximum atomic E-state index is 9.38. The van der Waals surface area contributed by atoms with Gasteiger partial charge in [0.15, 0.2) is 0 Å². The molecular weight excluding hydrogens is 222 g/mol. The number of aliphatic hydroxyl groups is 1. The van der Waals surface area contributed by atoms with E-state index >= 15 is 0 Å². The van der Waals surface area contributed by atoms with E-state index in [1.54, 1.807) is 7.11 Å². The summed E-state index contributed by atoms with van der Waals surface area (Å²) in [5.41, 5.74) is -0.136. The number of hydrogen-bond donors (Lipinski definition) is 2.